The molecular formula is C9H14ClNO. The summed E-state index contributed by atoms with van der Waals surface area (Å²) in [6, 6.07) is 8.09. The summed E-state index contributed by atoms with van der Waals surface area (Å²) in [4.78, 5) is 0. The van der Waals surface area contributed by atoms with Crippen LogP contribution in [0.2, 0.25) is 0 Å². The molecule has 0 heterocycles. The second kappa shape index (κ2) is 5.86. The summed E-state index contributed by atoms with van der Waals surface area (Å²) in [6.07, 6.45) is 0. The summed E-state index contributed by atoms with van der Waals surface area (Å²) in [5.74, 6) is 0. The number of nitrogens with one attached hydrogen (secondary N) is 1. The highest BCUT2D eigenvalue weighted by molar-refractivity contribution is 5.85. The van der Waals surface area contributed by atoms with Gasteiger partial charge in [-0.3, -0.25) is 0 Å². The Kier molecular flexibility index (Phi) is 5.51. The molecule has 0 unspecified atom stereocenters. The summed E-state index contributed by atoms with van der Waals surface area (Å²) in [7, 11) is 0. The first kappa shape index (κ1) is 11.3. The van der Waals surface area contributed by atoms with E-state index in [1.807, 2.05) is 24.3 Å². The minimum absolute atomic E-state index is 0. The van der Waals surface area contributed by atoms with Gasteiger partial charge >= 0.3 is 0 Å². The van der Waals surface area contributed by atoms with Gasteiger partial charge in [0.15, 0.2) is 0 Å². The Morgan fingerprint density at radius 3 is 2.33 bits per heavy atom. The van der Waals surface area contributed by atoms with Gasteiger partial charge in [0, 0.05) is 12.2 Å². The molecule has 1 rings (SSSR count). The first-order valence-corrected chi connectivity index (χ1v) is 3.74. The second-order valence-corrected chi connectivity index (χ2v) is 2.52. The van der Waals surface area contributed by atoms with Crippen LogP contribution in [0.4, 0.5) is 5.69 Å². The monoisotopic (exact) mass is 187 g/mol. The van der Waals surface area contributed by atoms with E-state index in [0.29, 0.717) is 6.54 Å². The van der Waals surface area contributed by atoms with Crippen molar-refractivity contribution in [3.8, 4) is 0 Å². The maximum Gasteiger partial charge on any atom is 0.0604 e. The van der Waals surface area contributed by atoms with Crippen LogP contribution in [0, 0.1) is 6.92 Å². The quantitative estimate of drug-likeness (QED) is 0.757. The van der Waals surface area contributed by atoms with Crippen LogP contribution < -0.4 is 5.32 Å². The molecule has 3 heteroatoms. The molecule has 0 bridgehead atoms. The standard InChI is InChI=1S/C9H13NO.ClH/c1-8-2-4-9(5-3-8)10-6-7-11;/h2-5,10-11H,6-7H2,1H3;1H. The number of aliphatic hydroxyl groups excluding tert-OH is 1. The molecule has 0 spiro atoms. The fourth-order valence-corrected chi connectivity index (χ4v) is 0.872. The molecular weight excluding hydrogens is 174 g/mol. The van der Waals surface area contributed by atoms with E-state index in [-0.39, 0.29) is 19.0 Å². The van der Waals surface area contributed by atoms with Crippen molar-refractivity contribution in [1.29, 1.82) is 0 Å². The molecule has 1 aromatic rings. The van der Waals surface area contributed by atoms with Gasteiger partial charge in [-0.15, -0.1) is 12.4 Å². The van der Waals surface area contributed by atoms with Gasteiger partial charge in [0.2, 0.25) is 0 Å². The van der Waals surface area contributed by atoms with Gasteiger partial charge in [0.25, 0.3) is 0 Å². The molecule has 2 nitrogen and oxygen atoms in total. The molecule has 68 valence electrons. The van der Waals surface area contributed by atoms with Crippen LogP contribution in [0.5, 0.6) is 0 Å². The van der Waals surface area contributed by atoms with Gasteiger partial charge in [-0.05, 0) is 19.1 Å². The van der Waals surface area contributed by atoms with E-state index in [9.17, 15) is 0 Å². The smallest absolute Gasteiger partial charge is 0.0604 e. The number of benzene rings is 1. The third-order valence-corrected chi connectivity index (χ3v) is 1.49. The van der Waals surface area contributed by atoms with Crippen molar-refractivity contribution >= 4 is 18.1 Å². The summed E-state index contributed by atoms with van der Waals surface area (Å²) in [6.45, 7) is 2.84. The molecule has 0 saturated heterocycles. The number of rotatable bonds is 3. The van der Waals surface area contributed by atoms with E-state index >= 15 is 0 Å². The molecule has 0 saturated carbocycles. The van der Waals surface area contributed by atoms with Crippen molar-refractivity contribution in [3.05, 3.63) is 29.8 Å². The third kappa shape index (κ3) is 3.60. The van der Waals surface area contributed by atoms with Crippen LogP contribution >= 0.6 is 12.4 Å². The Morgan fingerprint density at radius 2 is 1.83 bits per heavy atom. The van der Waals surface area contributed by atoms with Gasteiger partial charge in [0.05, 0.1) is 6.61 Å². The average Bonchev–Trinajstić information content (AvgIpc) is 2.04. The first-order valence-electron chi connectivity index (χ1n) is 3.74. The second-order valence-electron chi connectivity index (χ2n) is 2.52. The Morgan fingerprint density at radius 1 is 1.25 bits per heavy atom. The van der Waals surface area contributed by atoms with Crippen molar-refractivity contribution in [2.24, 2.45) is 0 Å². The summed E-state index contributed by atoms with van der Waals surface area (Å²) >= 11 is 0. The van der Waals surface area contributed by atoms with Crippen LogP contribution in [-0.4, -0.2) is 18.3 Å². The minimum Gasteiger partial charge on any atom is -0.395 e. The highest BCUT2D eigenvalue weighted by atomic mass is 35.5. The number of hydrogen-bond donors (Lipinski definition) is 2. The minimum atomic E-state index is 0. The van der Waals surface area contributed by atoms with Crippen LogP contribution in [0.25, 0.3) is 0 Å². The largest absolute Gasteiger partial charge is 0.395 e. The van der Waals surface area contributed by atoms with E-state index in [2.05, 4.69) is 12.2 Å². The van der Waals surface area contributed by atoms with Crippen LogP contribution in [-0.2, 0) is 0 Å². The zero-order chi connectivity index (χ0) is 8.10. The lowest BCUT2D eigenvalue weighted by molar-refractivity contribution is 0.311. The molecule has 0 radical (unpaired) electrons. The van der Waals surface area contributed by atoms with Crippen molar-refractivity contribution < 1.29 is 5.11 Å². The Balaban J connectivity index is 0.00000121. The normalized spacial score (nSPS) is 8.83. The molecule has 0 fully saturated rings. The van der Waals surface area contributed by atoms with Gasteiger partial charge in [0.1, 0.15) is 0 Å². The predicted molar refractivity (Wildman–Crippen MR) is 54.0 cm³/mol. The third-order valence-electron chi connectivity index (χ3n) is 1.49. The molecule has 0 aliphatic rings. The van der Waals surface area contributed by atoms with Crippen LogP contribution in [0.1, 0.15) is 5.56 Å². The SMILES string of the molecule is Cc1ccc(NCCO)cc1.Cl. The molecule has 12 heavy (non-hydrogen) atoms. The lowest BCUT2D eigenvalue weighted by Gasteiger charge is -2.03. The van der Waals surface area contributed by atoms with Crippen molar-refractivity contribution in [1.82, 2.24) is 0 Å². The molecule has 0 aliphatic carbocycles. The molecule has 1 aromatic carbocycles. The molecule has 0 aliphatic heterocycles. The zero-order valence-corrected chi connectivity index (χ0v) is 7.90. The lowest BCUT2D eigenvalue weighted by Crippen LogP contribution is -2.04. The van der Waals surface area contributed by atoms with E-state index in [0.717, 1.165) is 5.69 Å². The molecule has 0 aromatic heterocycles. The average molecular weight is 188 g/mol. The number of hydrogen-bond acceptors (Lipinski definition) is 2. The molecule has 2 N–H and O–H groups in total. The van der Waals surface area contributed by atoms with Gasteiger partial charge in [-0.2, -0.15) is 0 Å². The fraction of sp³-hybridized carbons (Fsp3) is 0.333. The van der Waals surface area contributed by atoms with E-state index in [4.69, 9.17) is 5.11 Å². The lowest BCUT2D eigenvalue weighted by atomic mass is 10.2. The molecule has 0 amide bonds. The topological polar surface area (TPSA) is 32.3 Å². The van der Waals surface area contributed by atoms with E-state index < -0.39 is 0 Å². The van der Waals surface area contributed by atoms with E-state index in [1.54, 1.807) is 0 Å². The number of halogens is 1. The number of anilines is 1. The highest BCUT2D eigenvalue weighted by Gasteiger charge is 1.88. The Labute approximate surface area is 79.0 Å². The van der Waals surface area contributed by atoms with E-state index in [1.165, 1.54) is 5.56 Å². The zero-order valence-electron chi connectivity index (χ0n) is 7.08. The summed E-state index contributed by atoms with van der Waals surface area (Å²) in [5, 5.41) is 11.6. The molecule has 0 atom stereocenters. The first-order chi connectivity index (χ1) is 5.33. The maximum absolute atomic E-state index is 8.52. The Bertz CT molecular complexity index is 210. The van der Waals surface area contributed by atoms with Gasteiger partial charge < -0.3 is 10.4 Å². The predicted octanol–water partition coefficient (Wildman–Crippen LogP) is 1.82. The summed E-state index contributed by atoms with van der Waals surface area (Å²) in [5.41, 5.74) is 2.31. The fourth-order valence-electron chi connectivity index (χ4n) is 0.872. The van der Waals surface area contributed by atoms with Crippen molar-refractivity contribution in [2.45, 2.75) is 6.92 Å². The summed E-state index contributed by atoms with van der Waals surface area (Å²) < 4.78 is 0. The van der Waals surface area contributed by atoms with Crippen molar-refractivity contribution in [3.63, 3.8) is 0 Å². The maximum atomic E-state index is 8.52. The van der Waals surface area contributed by atoms with Gasteiger partial charge in [-0.1, -0.05) is 17.7 Å². The van der Waals surface area contributed by atoms with Crippen LogP contribution in [0.15, 0.2) is 24.3 Å². The Hall–Kier alpha value is -0.730. The van der Waals surface area contributed by atoms with Crippen molar-refractivity contribution in [2.75, 3.05) is 18.5 Å². The number of aliphatic hydroxyl groups is 1. The number of aryl methyl sites for hydroxylation is 1. The van der Waals surface area contributed by atoms with Crippen LogP contribution in [0.3, 0.4) is 0 Å². The van der Waals surface area contributed by atoms with Gasteiger partial charge in [-0.25, -0.2) is 0 Å². The highest BCUT2D eigenvalue weighted by Crippen LogP contribution is 2.07.